The van der Waals surface area contributed by atoms with Crippen LogP contribution in [0.5, 0.6) is 0 Å². The molecule has 6 aliphatic heterocycles. The fourth-order valence-electron chi connectivity index (χ4n) is 11.9. The third kappa shape index (κ3) is 13.1. The number of nitrogens with one attached hydrogen (secondary N) is 1. The van der Waals surface area contributed by atoms with Crippen molar-refractivity contribution in [1.82, 2.24) is 5.32 Å². The molecule has 2 bridgehead atoms. The van der Waals surface area contributed by atoms with E-state index in [0.717, 1.165) is 18.4 Å². The van der Waals surface area contributed by atoms with Gasteiger partial charge in [-0.15, -0.1) is 0 Å². The van der Waals surface area contributed by atoms with Crippen molar-refractivity contribution >= 4 is 11.9 Å². The van der Waals surface area contributed by atoms with Gasteiger partial charge in [0.2, 0.25) is 5.91 Å². The Morgan fingerprint density at radius 2 is 1.69 bits per heavy atom. The summed E-state index contributed by atoms with van der Waals surface area (Å²) in [6.07, 6.45) is 6.44. The molecule has 0 aromatic carbocycles. The van der Waals surface area contributed by atoms with Crippen LogP contribution in [0.1, 0.15) is 107 Å². The first kappa shape index (κ1) is 57.1. The van der Waals surface area contributed by atoms with Gasteiger partial charge in [0.25, 0.3) is 0 Å². The number of carbonyl (C=O) groups is 2. The maximum Gasteiger partial charge on any atom is 0.316 e. The average Bonchev–Trinajstić information content (AvgIpc) is 3.69. The lowest BCUT2D eigenvalue weighted by atomic mass is 9.70. The molecule has 18 heteroatoms. The lowest BCUT2D eigenvalue weighted by Gasteiger charge is -2.51. The van der Waals surface area contributed by atoms with E-state index in [4.69, 9.17) is 61.6 Å². The summed E-state index contributed by atoms with van der Waals surface area (Å²) in [5.41, 5.74) is -0.183. The summed E-state index contributed by atoms with van der Waals surface area (Å²) >= 11 is 0. The van der Waals surface area contributed by atoms with Gasteiger partial charge in [-0.25, -0.2) is 0 Å². The van der Waals surface area contributed by atoms with E-state index in [1.807, 2.05) is 32.9 Å². The number of hydrogen-bond acceptors (Lipinski definition) is 17. The lowest BCUT2D eigenvalue weighted by molar-refractivity contribution is -0.340. The zero-order valence-electron chi connectivity index (χ0n) is 44.5. The summed E-state index contributed by atoms with van der Waals surface area (Å²) in [5.74, 6) is -2.65. The standard InChI is InChI=1S/C54H85NO17/c1-12-30(2)49-33(5)18-19-53(72-49)26-40-23-39(71-53)17-16-32(4)48(69-45-25-43(62-11)50(35(7)67-45)70-44-24-42(61-10)46(34(6)66-44)55-36(8)56)31(3)14-13-15-38-28-65-51-47(57)37(27-64-29-63-21-20-60-9)22-41(52(58)68-40)54(38,51)59/h13-16,22,30-31,33-35,39-51,57,59H,12,17-21,23-29H2,1-11H3,(H,55,56)/b14-13+,32-16+,38-15+. The number of ether oxygens (including phenoxy) is 13. The molecule has 3 N–H and O–H groups in total. The second-order valence-corrected chi connectivity index (χ2v) is 21.3. The van der Waals surface area contributed by atoms with Gasteiger partial charge in [0.1, 0.15) is 42.7 Å². The second kappa shape index (κ2) is 25.5. The van der Waals surface area contributed by atoms with Crippen LogP contribution in [-0.4, -0.2) is 174 Å². The average molecular weight is 1020 g/mol. The van der Waals surface area contributed by atoms with Gasteiger partial charge < -0.3 is 77.1 Å². The number of rotatable bonds is 16. The summed E-state index contributed by atoms with van der Waals surface area (Å²) < 4.78 is 81.4. The van der Waals surface area contributed by atoms with E-state index < -0.39 is 78.6 Å². The van der Waals surface area contributed by atoms with Gasteiger partial charge in [0.15, 0.2) is 18.4 Å². The molecule has 0 aromatic heterocycles. The van der Waals surface area contributed by atoms with Crippen molar-refractivity contribution in [2.75, 3.05) is 54.5 Å². The molecule has 0 aromatic rings. The van der Waals surface area contributed by atoms with Gasteiger partial charge in [-0.3, -0.25) is 9.59 Å². The van der Waals surface area contributed by atoms with Crippen LogP contribution in [-0.2, 0) is 71.2 Å². The molecule has 0 saturated carbocycles. The number of methoxy groups -OCH3 is 3. The Balaban J connectivity index is 1.17. The van der Waals surface area contributed by atoms with Gasteiger partial charge in [-0.1, -0.05) is 64.5 Å². The third-order valence-corrected chi connectivity index (χ3v) is 16.1. The number of amides is 1. The largest absolute Gasteiger partial charge is 0.462 e. The van der Waals surface area contributed by atoms with Crippen LogP contribution in [0.4, 0.5) is 0 Å². The molecule has 7 aliphatic rings. The molecular formula is C54H85NO17. The Morgan fingerprint density at radius 3 is 2.42 bits per heavy atom. The highest BCUT2D eigenvalue weighted by Gasteiger charge is 2.61. The van der Waals surface area contributed by atoms with Crippen molar-refractivity contribution in [3.63, 3.8) is 0 Å². The predicted octanol–water partition coefficient (Wildman–Crippen LogP) is 5.36. The van der Waals surface area contributed by atoms with Gasteiger partial charge in [0.05, 0.1) is 75.2 Å². The Bertz CT molecular complexity index is 1920. The highest BCUT2D eigenvalue weighted by molar-refractivity contribution is 5.78. The van der Waals surface area contributed by atoms with Gasteiger partial charge in [-0.05, 0) is 62.2 Å². The molecule has 1 spiro atoms. The number of hydrogen-bond donors (Lipinski definition) is 3. The molecule has 72 heavy (non-hydrogen) atoms. The van der Waals surface area contributed by atoms with Crippen LogP contribution in [0.2, 0.25) is 0 Å². The Labute approximate surface area is 426 Å². The summed E-state index contributed by atoms with van der Waals surface area (Å²) in [6, 6.07) is -0.323. The van der Waals surface area contributed by atoms with E-state index in [9.17, 15) is 19.8 Å². The maximum absolute atomic E-state index is 14.8. The van der Waals surface area contributed by atoms with Crippen molar-refractivity contribution in [3.8, 4) is 0 Å². The molecule has 1 amide bonds. The first-order valence-electron chi connectivity index (χ1n) is 26.4. The van der Waals surface area contributed by atoms with E-state index in [0.29, 0.717) is 68.8 Å². The Morgan fingerprint density at radius 1 is 0.958 bits per heavy atom. The fourth-order valence-corrected chi connectivity index (χ4v) is 11.9. The Kier molecular flexibility index (Phi) is 20.2. The minimum absolute atomic E-state index is 0.0323. The quantitative estimate of drug-likeness (QED) is 0.0770. The van der Waals surface area contributed by atoms with Crippen molar-refractivity contribution in [2.24, 2.45) is 23.7 Å². The fraction of sp³-hybridized carbons (Fsp3) is 0.815. The highest BCUT2D eigenvalue weighted by atomic mass is 16.7. The molecular weight excluding hydrogens is 935 g/mol. The lowest BCUT2D eigenvalue weighted by Crippen LogP contribution is -2.59. The second-order valence-electron chi connectivity index (χ2n) is 21.3. The van der Waals surface area contributed by atoms with Crippen molar-refractivity contribution < 1.29 is 81.4 Å². The zero-order chi connectivity index (χ0) is 51.9. The van der Waals surface area contributed by atoms with Crippen molar-refractivity contribution in [2.45, 2.75) is 204 Å². The van der Waals surface area contributed by atoms with Crippen molar-refractivity contribution in [1.29, 1.82) is 0 Å². The van der Waals surface area contributed by atoms with E-state index in [-0.39, 0.29) is 68.2 Å². The minimum Gasteiger partial charge on any atom is -0.462 e. The van der Waals surface area contributed by atoms with Crippen molar-refractivity contribution in [3.05, 3.63) is 47.1 Å². The minimum atomic E-state index is -1.94. The number of aliphatic hydroxyl groups excluding tert-OH is 1. The first-order valence-corrected chi connectivity index (χ1v) is 26.4. The maximum atomic E-state index is 14.8. The van der Waals surface area contributed by atoms with Crippen LogP contribution in [0.25, 0.3) is 0 Å². The molecule has 1 aliphatic carbocycles. The molecule has 20 atom stereocenters. The van der Waals surface area contributed by atoms with Crippen LogP contribution < -0.4 is 5.32 Å². The summed E-state index contributed by atoms with van der Waals surface area (Å²) in [4.78, 5) is 26.7. The van der Waals surface area contributed by atoms with E-state index >= 15 is 0 Å². The third-order valence-electron chi connectivity index (χ3n) is 16.1. The van der Waals surface area contributed by atoms with Gasteiger partial charge >= 0.3 is 5.97 Å². The molecule has 5 fully saturated rings. The predicted molar refractivity (Wildman–Crippen MR) is 262 cm³/mol. The van der Waals surface area contributed by atoms with Gasteiger partial charge in [-0.2, -0.15) is 0 Å². The zero-order valence-corrected chi connectivity index (χ0v) is 44.5. The molecule has 18 nitrogen and oxygen atoms in total. The van der Waals surface area contributed by atoms with E-state index in [2.05, 4.69) is 39.1 Å². The van der Waals surface area contributed by atoms with E-state index in [1.54, 1.807) is 33.5 Å². The number of esters is 1. The van der Waals surface area contributed by atoms with E-state index in [1.165, 1.54) is 6.92 Å². The van der Waals surface area contributed by atoms with Crippen LogP contribution in [0.3, 0.4) is 0 Å². The number of fused-ring (bicyclic) bond motifs is 2. The van der Waals surface area contributed by atoms with Crippen LogP contribution in [0.15, 0.2) is 47.1 Å². The molecule has 20 unspecified atom stereocenters. The molecule has 7 rings (SSSR count). The molecule has 408 valence electrons. The first-order chi connectivity index (χ1) is 34.4. The monoisotopic (exact) mass is 1020 g/mol. The molecule has 0 radical (unpaired) electrons. The number of allylic oxidation sites excluding steroid dienone is 2. The summed E-state index contributed by atoms with van der Waals surface area (Å²) in [6.45, 7) is 16.6. The number of carbonyl (C=O) groups excluding carboxylic acids is 2. The van der Waals surface area contributed by atoms with Crippen LogP contribution in [0, 0.1) is 23.7 Å². The van der Waals surface area contributed by atoms with Crippen LogP contribution >= 0.6 is 0 Å². The van der Waals surface area contributed by atoms with Gasteiger partial charge in [0, 0.05) is 66.3 Å². The molecule has 5 saturated heterocycles. The molecule has 6 heterocycles. The Hall–Kier alpha value is -2.66. The normalized spacial score (nSPS) is 44.1. The number of aliphatic hydroxyl groups is 2. The SMILES string of the molecule is CCC(C)C1OC2(CCC1C)CC1CC(C/C=C(\C)C(OC3CC(OC)C(OC4CC(OC)C(NC(C)=O)C(C)O4)C(C)O3)C(C)/C=C/C=C3\COC4C(O)C(COCOCCOC)=CC(C(=O)O1)C34O)O2. The summed E-state index contributed by atoms with van der Waals surface area (Å²) in [5, 5.41) is 27.5. The highest BCUT2D eigenvalue weighted by Crippen LogP contribution is 2.48. The topological polar surface area (TPSA) is 207 Å². The summed E-state index contributed by atoms with van der Waals surface area (Å²) in [7, 11) is 4.85. The smallest absolute Gasteiger partial charge is 0.316 e.